The second-order valence-electron chi connectivity index (χ2n) is 5.46. The zero-order valence-electron chi connectivity index (χ0n) is 12.0. The van der Waals surface area contributed by atoms with E-state index in [9.17, 15) is 4.79 Å². The summed E-state index contributed by atoms with van der Waals surface area (Å²) in [5.74, 6) is -0.202. The van der Waals surface area contributed by atoms with Gasteiger partial charge in [-0.25, -0.2) is 4.79 Å². The topological polar surface area (TPSA) is 37.3 Å². The van der Waals surface area contributed by atoms with E-state index in [2.05, 4.69) is 20.4 Å². The van der Waals surface area contributed by atoms with Crippen LogP contribution >= 0.6 is 0 Å². The van der Waals surface area contributed by atoms with Crippen molar-refractivity contribution in [3.05, 3.63) is 47.5 Å². The molecule has 0 aromatic heterocycles. The highest BCUT2D eigenvalue weighted by Crippen LogP contribution is 2.19. The van der Waals surface area contributed by atoms with Crippen molar-refractivity contribution in [2.75, 3.05) is 0 Å². The average molecular weight is 260 g/mol. The fraction of sp³-hybridized carbons (Fsp3) is 0.471. The number of carbonyl (C=O) groups is 1. The molecule has 1 atom stereocenters. The Balaban J connectivity index is 2.44. The highest BCUT2D eigenvalue weighted by atomic mass is 16.4. The molecule has 0 aliphatic carbocycles. The first-order valence-electron chi connectivity index (χ1n) is 6.96. The highest BCUT2D eigenvalue weighted by molar-refractivity contribution is 5.89. The van der Waals surface area contributed by atoms with Crippen LogP contribution in [0.5, 0.6) is 0 Å². The normalized spacial score (nSPS) is 12.1. The summed E-state index contributed by atoms with van der Waals surface area (Å²) in [4.78, 5) is 11.1. The molecule has 2 nitrogen and oxygen atoms in total. The molecule has 1 rings (SSSR count). The molecule has 1 aromatic carbocycles. The third kappa shape index (κ3) is 5.73. The third-order valence-corrected chi connectivity index (χ3v) is 3.45. The molecule has 0 aliphatic heterocycles. The van der Waals surface area contributed by atoms with E-state index in [1.54, 1.807) is 12.1 Å². The summed E-state index contributed by atoms with van der Waals surface area (Å²) in [5.41, 5.74) is 2.63. The summed E-state index contributed by atoms with van der Waals surface area (Å²) in [5, 5.41) is 9.12. The van der Waals surface area contributed by atoms with Gasteiger partial charge in [0.05, 0.1) is 5.56 Å². The number of hydrogen-bond donors (Lipinski definition) is 1. The van der Waals surface area contributed by atoms with E-state index in [0.29, 0.717) is 11.5 Å². The van der Waals surface area contributed by atoms with Crippen LogP contribution in [-0.2, 0) is 6.42 Å². The third-order valence-electron chi connectivity index (χ3n) is 3.45. The maximum absolute atomic E-state index is 11.1. The fourth-order valence-electron chi connectivity index (χ4n) is 2.25. The van der Waals surface area contributed by atoms with E-state index >= 15 is 0 Å². The van der Waals surface area contributed by atoms with Gasteiger partial charge in [0.1, 0.15) is 0 Å². The van der Waals surface area contributed by atoms with Crippen molar-refractivity contribution < 1.29 is 9.90 Å². The van der Waals surface area contributed by atoms with Crippen LogP contribution in [0, 0.1) is 5.92 Å². The lowest BCUT2D eigenvalue weighted by atomic mass is 9.93. The quantitative estimate of drug-likeness (QED) is 0.688. The van der Waals surface area contributed by atoms with Crippen LogP contribution in [0.25, 0.3) is 0 Å². The van der Waals surface area contributed by atoms with Crippen LogP contribution in [0.2, 0.25) is 0 Å². The highest BCUT2D eigenvalue weighted by Gasteiger charge is 2.10. The molecular weight excluding hydrogens is 236 g/mol. The minimum absolute atomic E-state index is 0.441. The smallest absolute Gasteiger partial charge is 0.335 e. The molecule has 0 radical (unpaired) electrons. The van der Waals surface area contributed by atoms with Gasteiger partial charge < -0.3 is 5.11 Å². The van der Waals surface area contributed by atoms with Gasteiger partial charge in [0, 0.05) is 0 Å². The first-order chi connectivity index (χ1) is 9.00. The Morgan fingerprint density at radius 2 is 2.00 bits per heavy atom. The number of carboxylic acids is 1. The number of hydrogen-bond acceptors (Lipinski definition) is 1. The molecule has 0 amide bonds. The maximum atomic E-state index is 11.1. The second kappa shape index (κ2) is 7.78. The second-order valence-corrected chi connectivity index (χ2v) is 5.46. The number of rotatable bonds is 8. The Kier molecular flexibility index (Phi) is 6.34. The molecule has 2 heteroatoms. The molecule has 0 spiro atoms. The molecule has 0 saturated carbocycles. The average Bonchev–Trinajstić information content (AvgIpc) is 2.36. The molecule has 1 N–H and O–H groups in total. The van der Waals surface area contributed by atoms with Gasteiger partial charge in [-0.1, -0.05) is 37.1 Å². The summed E-state index contributed by atoms with van der Waals surface area (Å²) < 4.78 is 0. The van der Waals surface area contributed by atoms with Crippen LogP contribution < -0.4 is 0 Å². The first-order valence-corrected chi connectivity index (χ1v) is 6.96. The van der Waals surface area contributed by atoms with E-state index in [1.165, 1.54) is 18.4 Å². The van der Waals surface area contributed by atoms with Crippen LogP contribution in [0.4, 0.5) is 0 Å². The Labute approximate surface area is 116 Å². The predicted octanol–water partition coefficient (Wildman–Crippen LogP) is 4.70. The molecule has 104 valence electrons. The molecule has 0 aliphatic rings. The largest absolute Gasteiger partial charge is 0.478 e. The van der Waals surface area contributed by atoms with E-state index in [-0.39, 0.29) is 0 Å². The minimum atomic E-state index is -0.828. The Bertz CT molecular complexity index is 435. The Hall–Kier alpha value is -1.57. The summed E-state index contributed by atoms with van der Waals surface area (Å²) >= 11 is 0. The number of carboxylic acid groups (broad SMARTS) is 1. The van der Waals surface area contributed by atoms with Crippen LogP contribution in [0.3, 0.4) is 0 Å². The van der Waals surface area contributed by atoms with Crippen molar-refractivity contribution in [1.82, 2.24) is 0 Å². The number of aromatic carboxylic acids is 1. The van der Waals surface area contributed by atoms with Gasteiger partial charge in [-0.15, -0.1) is 6.58 Å². The molecule has 0 fully saturated rings. The van der Waals surface area contributed by atoms with Gasteiger partial charge >= 0.3 is 5.97 Å². The summed E-state index contributed by atoms with van der Waals surface area (Å²) in [6, 6.07) is 7.30. The van der Waals surface area contributed by atoms with Gasteiger partial charge in [-0.2, -0.15) is 0 Å². The summed E-state index contributed by atoms with van der Waals surface area (Å²) in [6.45, 7) is 8.21. The summed E-state index contributed by atoms with van der Waals surface area (Å²) in [6.07, 6.45) is 5.34. The van der Waals surface area contributed by atoms with Gasteiger partial charge in [-0.3, -0.25) is 0 Å². The van der Waals surface area contributed by atoms with Crippen molar-refractivity contribution >= 4 is 5.97 Å². The number of aryl methyl sites for hydroxylation is 1. The predicted molar refractivity (Wildman–Crippen MR) is 79.6 cm³/mol. The van der Waals surface area contributed by atoms with E-state index in [4.69, 9.17) is 5.11 Å². The molecule has 1 unspecified atom stereocenters. The number of allylic oxidation sites excluding steroid dienone is 1. The van der Waals surface area contributed by atoms with Gasteiger partial charge in [0.25, 0.3) is 0 Å². The summed E-state index contributed by atoms with van der Waals surface area (Å²) in [7, 11) is 0. The van der Waals surface area contributed by atoms with Crippen molar-refractivity contribution in [1.29, 1.82) is 0 Å². The monoisotopic (exact) mass is 260 g/mol. The first kappa shape index (κ1) is 15.5. The van der Waals surface area contributed by atoms with Crippen LogP contribution in [0.15, 0.2) is 36.4 Å². The molecule has 0 bridgehead atoms. The Morgan fingerprint density at radius 1 is 1.32 bits per heavy atom. The molecule has 0 saturated heterocycles. The zero-order valence-corrected chi connectivity index (χ0v) is 12.0. The fourth-order valence-corrected chi connectivity index (χ4v) is 2.25. The lowest BCUT2D eigenvalue weighted by Crippen LogP contribution is -2.04. The van der Waals surface area contributed by atoms with Gasteiger partial charge in [0.2, 0.25) is 0 Å². The molecule has 19 heavy (non-hydrogen) atoms. The van der Waals surface area contributed by atoms with Crippen molar-refractivity contribution in [2.24, 2.45) is 5.92 Å². The van der Waals surface area contributed by atoms with E-state index < -0.39 is 5.97 Å². The minimum Gasteiger partial charge on any atom is -0.478 e. The Morgan fingerprint density at radius 3 is 2.63 bits per heavy atom. The van der Waals surface area contributed by atoms with Gasteiger partial charge in [0.15, 0.2) is 0 Å². The van der Waals surface area contributed by atoms with Crippen LogP contribution in [0.1, 0.15) is 55.5 Å². The standard InChI is InChI=1S/C17H24O2/c1-13(2)7-6-8-14(3)11-12-15-9-4-5-10-16(15)17(18)19/h4-5,9-10,14H,1,6-8,11-12H2,2-3H3,(H,18,19). The maximum Gasteiger partial charge on any atom is 0.335 e. The van der Waals surface area contributed by atoms with Crippen molar-refractivity contribution in [3.63, 3.8) is 0 Å². The van der Waals surface area contributed by atoms with E-state index in [1.807, 2.05) is 12.1 Å². The molecule has 1 aromatic rings. The zero-order chi connectivity index (χ0) is 14.3. The van der Waals surface area contributed by atoms with Crippen LogP contribution in [-0.4, -0.2) is 11.1 Å². The number of benzene rings is 1. The lowest BCUT2D eigenvalue weighted by Gasteiger charge is -2.12. The molecule has 0 heterocycles. The van der Waals surface area contributed by atoms with E-state index in [0.717, 1.165) is 24.8 Å². The SMILES string of the molecule is C=C(C)CCCC(C)CCc1ccccc1C(=O)O. The lowest BCUT2D eigenvalue weighted by molar-refractivity contribution is 0.0695. The molecular formula is C17H24O2. The van der Waals surface area contributed by atoms with Crippen molar-refractivity contribution in [3.8, 4) is 0 Å². The van der Waals surface area contributed by atoms with Gasteiger partial charge in [-0.05, 0) is 50.2 Å². The van der Waals surface area contributed by atoms with Crippen molar-refractivity contribution in [2.45, 2.75) is 46.0 Å².